The van der Waals surface area contributed by atoms with Gasteiger partial charge in [0.15, 0.2) is 4.80 Å². The first kappa shape index (κ1) is 29.5. The van der Waals surface area contributed by atoms with Gasteiger partial charge in [0.2, 0.25) is 0 Å². The van der Waals surface area contributed by atoms with Crippen LogP contribution in [0.3, 0.4) is 0 Å². The fourth-order valence-electron chi connectivity index (χ4n) is 5.39. The molecule has 2 aromatic heterocycles. The van der Waals surface area contributed by atoms with Gasteiger partial charge in [-0.05, 0) is 67.6 Å². The summed E-state index contributed by atoms with van der Waals surface area (Å²) in [6.07, 6.45) is 5.96. The van der Waals surface area contributed by atoms with Gasteiger partial charge in [-0.1, -0.05) is 70.9 Å². The summed E-state index contributed by atoms with van der Waals surface area (Å²) >= 11 is 15.4. The second-order valence-electron chi connectivity index (χ2n) is 10.1. The van der Waals surface area contributed by atoms with Crippen molar-refractivity contribution in [3.8, 4) is 0 Å². The monoisotopic (exact) mass is 647 g/mol. The van der Waals surface area contributed by atoms with Crippen LogP contribution in [0, 0.1) is 0 Å². The molecular formula is C33H27Cl2N3O3S2. The second kappa shape index (κ2) is 12.2. The van der Waals surface area contributed by atoms with Crippen molar-refractivity contribution < 1.29 is 9.53 Å². The van der Waals surface area contributed by atoms with Crippen molar-refractivity contribution in [2.75, 3.05) is 12.9 Å². The Balaban J connectivity index is 1.50. The van der Waals surface area contributed by atoms with Crippen molar-refractivity contribution in [2.45, 2.75) is 31.3 Å². The van der Waals surface area contributed by atoms with Gasteiger partial charge in [-0.25, -0.2) is 9.79 Å². The summed E-state index contributed by atoms with van der Waals surface area (Å²) in [6, 6.07) is 21.0. The van der Waals surface area contributed by atoms with E-state index < -0.39 is 12.0 Å². The van der Waals surface area contributed by atoms with Gasteiger partial charge in [-0.3, -0.25) is 9.36 Å². The Labute approximate surface area is 266 Å². The predicted octanol–water partition coefficient (Wildman–Crippen LogP) is 6.83. The molecule has 0 saturated carbocycles. The minimum atomic E-state index is -0.649. The largest absolute Gasteiger partial charge is 0.463 e. The van der Waals surface area contributed by atoms with Crippen LogP contribution in [0.15, 0.2) is 98.9 Å². The summed E-state index contributed by atoms with van der Waals surface area (Å²) in [5, 5.41) is 2.03. The van der Waals surface area contributed by atoms with Gasteiger partial charge in [0.1, 0.15) is 0 Å². The van der Waals surface area contributed by atoms with Crippen LogP contribution >= 0.6 is 46.3 Å². The number of carbonyl (C=O) groups is 1. The number of benzene rings is 3. The van der Waals surface area contributed by atoms with Crippen molar-refractivity contribution in [3.63, 3.8) is 0 Å². The lowest BCUT2D eigenvalue weighted by Gasteiger charge is -2.24. The number of hydrogen-bond donors (Lipinski definition) is 0. The van der Waals surface area contributed by atoms with Gasteiger partial charge < -0.3 is 9.30 Å². The molecule has 0 unspecified atom stereocenters. The molecule has 0 aliphatic carbocycles. The number of hydrogen-bond acceptors (Lipinski definition) is 6. The van der Waals surface area contributed by atoms with E-state index in [1.807, 2.05) is 73.1 Å². The lowest BCUT2D eigenvalue weighted by molar-refractivity contribution is -0.139. The maximum absolute atomic E-state index is 14.1. The molecule has 0 fully saturated rings. The molecule has 1 atom stereocenters. The molecule has 0 N–H and O–H groups in total. The van der Waals surface area contributed by atoms with E-state index in [9.17, 15) is 9.59 Å². The zero-order valence-electron chi connectivity index (χ0n) is 23.6. The third-order valence-electron chi connectivity index (χ3n) is 7.39. The number of rotatable bonds is 7. The average Bonchev–Trinajstić information content (AvgIpc) is 3.50. The maximum Gasteiger partial charge on any atom is 0.338 e. The minimum Gasteiger partial charge on any atom is -0.463 e. The van der Waals surface area contributed by atoms with E-state index in [1.165, 1.54) is 11.3 Å². The quantitative estimate of drug-likeness (QED) is 0.143. The fraction of sp³-hybridized carbons (Fsp3) is 0.182. The molecule has 1 aliphatic rings. The maximum atomic E-state index is 14.1. The number of allylic oxidation sites excluding steroid dienone is 1. The van der Waals surface area contributed by atoms with Crippen LogP contribution in [-0.2, 0) is 16.1 Å². The summed E-state index contributed by atoms with van der Waals surface area (Å²) in [4.78, 5) is 33.7. The predicted molar refractivity (Wildman–Crippen MR) is 176 cm³/mol. The third kappa shape index (κ3) is 5.60. The van der Waals surface area contributed by atoms with Crippen LogP contribution in [0.4, 0.5) is 0 Å². The molecule has 6 rings (SSSR count). The highest BCUT2D eigenvalue weighted by Crippen LogP contribution is 2.32. The molecule has 43 heavy (non-hydrogen) atoms. The summed E-state index contributed by atoms with van der Waals surface area (Å²) in [6.45, 7) is 4.37. The zero-order chi connectivity index (χ0) is 30.2. The molecule has 0 saturated heterocycles. The minimum absolute atomic E-state index is 0.210. The number of thiazole rings is 1. The van der Waals surface area contributed by atoms with E-state index in [0.29, 0.717) is 37.2 Å². The van der Waals surface area contributed by atoms with E-state index in [0.717, 1.165) is 32.5 Å². The number of thioether (sulfide) groups is 1. The van der Waals surface area contributed by atoms with Gasteiger partial charge in [0.25, 0.3) is 5.56 Å². The number of fused-ring (bicyclic) bond motifs is 2. The van der Waals surface area contributed by atoms with Gasteiger partial charge in [0.05, 0.1) is 38.5 Å². The molecule has 0 amide bonds. The lowest BCUT2D eigenvalue weighted by Crippen LogP contribution is -2.39. The molecule has 0 radical (unpaired) electrons. The Bertz CT molecular complexity index is 2090. The number of para-hydroxylation sites is 1. The number of nitrogens with zero attached hydrogens (tertiary/aromatic N) is 3. The molecular weight excluding hydrogens is 621 g/mol. The fourth-order valence-corrected chi connectivity index (χ4v) is 7.16. The molecule has 0 spiro atoms. The summed E-state index contributed by atoms with van der Waals surface area (Å²) in [5.74, 6) is -0.470. The second-order valence-corrected chi connectivity index (χ2v) is 12.8. The Morgan fingerprint density at radius 3 is 2.58 bits per heavy atom. The third-order valence-corrected chi connectivity index (χ3v) is 9.86. The molecule has 6 nitrogen and oxygen atoms in total. The smallest absolute Gasteiger partial charge is 0.338 e. The van der Waals surface area contributed by atoms with Crippen molar-refractivity contribution >= 4 is 69.2 Å². The summed E-state index contributed by atoms with van der Waals surface area (Å²) in [5.41, 5.74) is 4.47. The number of aromatic nitrogens is 2. The normalized spacial score (nSPS) is 15.1. The molecule has 3 heterocycles. The highest BCUT2D eigenvalue weighted by molar-refractivity contribution is 7.98. The van der Waals surface area contributed by atoms with E-state index in [1.54, 1.807) is 36.2 Å². The number of esters is 1. The highest BCUT2D eigenvalue weighted by Gasteiger charge is 2.33. The van der Waals surface area contributed by atoms with Gasteiger partial charge in [-0.15, -0.1) is 11.8 Å². The SMILES string of the molecule is CCOC(=O)C1=C(C)N=c2s/c(=C/c3cn(Cc4ccc(Cl)c(Cl)c4)c4ccccc34)c(=O)n2[C@@H]1c1ccc(SC)cc1. The first-order valence-corrected chi connectivity index (χ1v) is 16.4. The molecule has 1 aliphatic heterocycles. The Hall–Kier alpha value is -3.56. The number of carbonyl (C=O) groups excluding carboxylic acids is 1. The molecule has 5 aromatic rings. The van der Waals surface area contributed by atoms with E-state index in [4.69, 9.17) is 32.9 Å². The summed E-state index contributed by atoms with van der Waals surface area (Å²) in [7, 11) is 0. The zero-order valence-corrected chi connectivity index (χ0v) is 26.8. The first-order chi connectivity index (χ1) is 20.8. The number of halogens is 2. The lowest BCUT2D eigenvalue weighted by atomic mass is 9.96. The van der Waals surface area contributed by atoms with Crippen molar-refractivity contribution in [3.05, 3.63) is 131 Å². The van der Waals surface area contributed by atoms with Gasteiger partial charge in [-0.2, -0.15) is 0 Å². The highest BCUT2D eigenvalue weighted by atomic mass is 35.5. The Morgan fingerprint density at radius 2 is 1.86 bits per heavy atom. The van der Waals surface area contributed by atoms with Gasteiger partial charge in [0, 0.05) is 34.1 Å². The first-order valence-electron chi connectivity index (χ1n) is 13.6. The van der Waals surface area contributed by atoms with Crippen LogP contribution < -0.4 is 14.9 Å². The van der Waals surface area contributed by atoms with Crippen LogP contribution in [0.25, 0.3) is 17.0 Å². The van der Waals surface area contributed by atoms with E-state index in [-0.39, 0.29) is 12.2 Å². The number of ether oxygens (including phenoxy) is 1. The molecule has 218 valence electrons. The Kier molecular flexibility index (Phi) is 8.38. The standard InChI is InChI=1S/C33H27Cl2N3O3S2/c1-4-41-32(40)29-19(2)36-33-38(30(29)21-10-12-23(42-3)13-11-21)31(39)28(43-33)16-22-18-37(27-8-6-5-7-24(22)27)17-20-9-14-25(34)26(35)15-20/h5-16,18,30H,4,17H2,1-3H3/b28-16+/t30-/m1/s1. The Morgan fingerprint density at radius 1 is 1.09 bits per heavy atom. The topological polar surface area (TPSA) is 65.6 Å². The van der Waals surface area contributed by atoms with Crippen LogP contribution in [0.1, 0.15) is 36.6 Å². The van der Waals surface area contributed by atoms with Crippen molar-refractivity contribution in [2.24, 2.45) is 4.99 Å². The van der Waals surface area contributed by atoms with E-state index >= 15 is 0 Å². The molecule has 0 bridgehead atoms. The molecule has 3 aromatic carbocycles. The van der Waals surface area contributed by atoms with Gasteiger partial charge >= 0.3 is 5.97 Å². The molecule has 10 heteroatoms. The van der Waals surface area contributed by atoms with E-state index in [2.05, 4.69) is 10.6 Å². The summed E-state index contributed by atoms with van der Waals surface area (Å²) < 4.78 is 9.71. The van der Waals surface area contributed by atoms with Crippen LogP contribution in [-0.4, -0.2) is 28.0 Å². The van der Waals surface area contributed by atoms with Crippen LogP contribution in [0.5, 0.6) is 0 Å². The van der Waals surface area contributed by atoms with Crippen LogP contribution in [0.2, 0.25) is 10.0 Å². The average molecular weight is 649 g/mol. The van der Waals surface area contributed by atoms with Crippen molar-refractivity contribution in [1.29, 1.82) is 0 Å². The van der Waals surface area contributed by atoms with Crippen molar-refractivity contribution in [1.82, 2.24) is 9.13 Å².